The van der Waals surface area contributed by atoms with Gasteiger partial charge in [0.05, 0.1) is 0 Å². The van der Waals surface area contributed by atoms with Crippen molar-refractivity contribution in [3.05, 3.63) is 0 Å². The molecule has 2 atom stereocenters. The van der Waals surface area contributed by atoms with E-state index in [-0.39, 0.29) is 0 Å². The zero-order valence-corrected chi connectivity index (χ0v) is 14.1. The standard InChI is InChI=1S/C17H33N3O/c1-4-20-12-9-16(14(2)13-20)19(3)17(21)6-5-15-7-10-18-11-8-15/h14-16,18H,4-13H2,1-3H3. The minimum absolute atomic E-state index is 0.357. The SMILES string of the molecule is CCN1CCC(N(C)C(=O)CCC2CCNCC2)C(C)C1. The average Bonchev–Trinajstić information content (AvgIpc) is 2.52. The summed E-state index contributed by atoms with van der Waals surface area (Å²) in [6.45, 7) is 10.2. The molecule has 1 N–H and O–H groups in total. The lowest BCUT2D eigenvalue weighted by atomic mass is 9.91. The first kappa shape index (κ1) is 16.8. The quantitative estimate of drug-likeness (QED) is 0.842. The van der Waals surface area contributed by atoms with Crippen LogP contribution in [0.4, 0.5) is 0 Å². The molecular formula is C17H33N3O. The van der Waals surface area contributed by atoms with Crippen LogP contribution in [-0.4, -0.2) is 61.5 Å². The van der Waals surface area contributed by atoms with Crippen LogP contribution in [0.15, 0.2) is 0 Å². The van der Waals surface area contributed by atoms with Gasteiger partial charge in [-0.25, -0.2) is 0 Å². The summed E-state index contributed by atoms with van der Waals surface area (Å²) in [7, 11) is 2.02. The topological polar surface area (TPSA) is 35.6 Å². The summed E-state index contributed by atoms with van der Waals surface area (Å²) in [4.78, 5) is 17.0. The molecule has 2 unspecified atom stereocenters. The highest BCUT2D eigenvalue weighted by Gasteiger charge is 2.30. The van der Waals surface area contributed by atoms with Crippen molar-refractivity contribution in [1.29, 1.82) is 0 Å². The minimum Gasteiger partial charge on any atom is -0.342 e. The van der Waals surface area contributed by atoms with Crippen LogP contribution in [0.1, 0.15) is 46.0 Å². The second kappa shape index (κ2) is 8.14. The molecule has 2 heterocycles. The number of likely N-dealkylation sites (tertiary alicyclic amines) is 1. The van der Waals surface area contributed by atoms with Crippen molar-refractivity contribution >= 4 is 5.91 Å². The maximum absolute atomic E-state index is 12.5. The van der Waals surface area contributed by atoms with E-state index in [9.17, 15) is 4.79 Å². The third kappa shape index (κ3) is 4.68. The number of hydrogen-bond acceptors (Lipinski definition) is 3. The van der Waals surface area contributed by atoms with Crippen LogP contribution in [0.5, 0.6) is 0 Å². The Hall–Kier alpha value is -0.610. The number of piperidine rings is 2. The number of amides is 1. The van der Waals surface area contributed by atoms with Crippen LogP contribution >= 0.6 is 0 Å². The predicted molar refractivity (Wildman–Crippen MR) is 87.3 cm³/mol. The van der Waals surface area contributed by atoms with Crippen molar-refractivity contribution < 1.29 is 4.79 Å². The van der Waals surface area contributed by atoms with Crippen molar-refractivity contribution in [3.63, 3.8) is 0 Å². The third-order valence-corrected chi connectivity index (χ3v) is 5.51. The van der Waals surface area contributed by atoms with Crippen LogP contribution < -0.4 is 5.32 Å². The Morgan fingerprint density at radius 2 is 2.00 bits per heavy atom. The van der Waals surface area contributed by atoms with Crippen molar-refractivity contribution in [2.24, 2.45) is 11.8 Å². The summed E-state index contributed by atoms with van der Waals surface area (Å²) < 4.78 is 0. The monoisotopic (exact) mass is 295 g/mol. The van der Waals surface area contributed by atoms with Gasteiger partial charge in [0.15, 0.2) is 0 Å². The zero-order chi connectivity index (χ0) is 15.2. The molecule has 122 valence electrons. The van der Waals surface area contributed by atoms with E-state index in [4.69, 9.17) is 0 Å². The lowest BCUT2D eigenvalue weighted by Crippen LogP contribution is -2.50. The molecule has 0 aliphatic carbocycles. The van der Waals surface area contributed by atoms with E-state index in [2.05, 4.69) is 29.0 Å². The molecule has 0 aromatic heterocycles. The van der Waals surface area contributed by atoms with Gasteiger partial charge in [-0.2, -0.15) is 0 Å². The van der Waals surface area contributed by atoms with Crippen LogP contribution in [0.3, 0.4) is 0 Å². The van der Waals surface area contributed by atoms with Crippen LogP contribution in [-0.2, 0) is 4.79 Å². The van der Waals surface area contributed by atoms with E-state index in [0.29, 0.717) is 17.9 Å². The fourth-order valence-corrected chi connectivity index (χ4v) is 3.94. The second-order valence-corrected chi connectivity index (χ2v) is 6.96. The highest BCUT2D eigenvalue weighted by molar-refractivity contribution is 5.76. The van der Waals surface area contributed by atoms with Crippen molar-refractivity contribution in [2.75, 3.05) is 39.8 Å². The molecule has 4 heteroatoms. The number of rotatable bonds is 5. The minimum atomic E-state index is 0.357. The van der Waals surface area contributed by atoms with Gasteiger partial charge in [-0.15, -0.1) is 0 Å². The molecule has 2 saturated heterocycles. The van der Waals surface area contributed by atoms with Gasteiger partial charge in [-0.1, -0.05) is 13.8 Å². The number of nitrogens with zero attached hydrogens (tertiary/aromatic N) is 2. The molecule has 0 saturated carbocycles. The molecule has 2 aliphatic heterocycles. The Balaban J connectivity index is 1.76. The van der Waals surface area contributed by atoms with E-state index in [1.165, 1.54) is 12.8 Å². The van der Waals surface area contributed by atoms with Gasteiger partial charge >= 0.3 is 0 Å². The van der Waals surface area contributed by atoms with Crippen molar-refractivity contribution in [2.45, 2.75) is 52.0 Å². The Morgan fingerprint density at radius 1 is 1.29 bits per heavy atom. The van der Waals surface area contributed by atoms with Gasteiger partial charge in [0, 0.05) is 32.6 Å². The number of hydrogen-bond donors (Lipinski definition) is 1. The Kier molecular flexibility index (Phi) is 6.49. The zero-order valence-electron chi connectivity index (χ0n) is 14.1. The third-order valence-electron chi connectivity index (χ3n) is 5.51. The van der Waals surface area contributed by atoms with E-state index in [1.807, 2.05) is 7.05 Å². The number of carbonyl (C=O) groups is 1. The molecule has 4 nitrogen and oxygen atoms in total. The fraction of sp³-hybridized carbons (Fsp3) is 0.941. The number of carbonyl (C=O) groups excluding carboxylic acids is 1. The summed E-state index contributed by atoms with van der Waals surface area (Å²) in [5.41, 5.74) is 0. The molecule has 0 bridgehead atoms. The summed E-state index contributed by atoms with van der Waals surface area (Å²) in [5.74, 6) is 1.70. The Labute approximate surface area is 130 Å². The van der Waals surface area contributed by atoms with Gasteiger partial charge in [0.25, 0.3) is 0 Å². The van der Waals surface area contributed by atoms with Gasteiger partial charge in [0.1, 0.15) is 0 Å². The summed E-state index contributed by atoms with van der Waals surface area (Å²) in [6, 6.07) is 0.438. The van der Waals surface area contributed by atoms with Gasteiger partial charge in [-0.3, -0.25) is 4.79 Å². The highest BCUT2D eigenvalue weighted by Crippen LogP contribution is 2.23. The largest absolute Gasteiger partial charge is 0.342 e. The molecule has 2 fully saturated rings. The molecular weight excluding hydrogens is 262 g/mol. The van der Waals surface area contributed by atoms with E-state index in [0.717, 1.165) is 57.9 Å². The average molecular weight is 295 g/mol. The smallest absolute Gasteiger partial charge is 0.222 e. The summed E-state index contributed by atoms with van der Waals surface area (Å²) in [5, 5.41) is 3.39. The van der Waals surface area contributed by atoms with Crippen molar-refractivity contribution in [3.8, 4) is 0 Å². The number of nitrogens with one attached hydrogen (secondary N) is 1. The molecule has 2 aliphatic rings. The summed E-state index contributed by atoms with van der Waals surface area (Å²) >= 11 is 0. The van der Waals surface area contributed by atoms with Crippen LogP contribution in [0.25, 0.3) is 0 Å². The van der Waals surface area contributed by atoms with Gasteiger partial charge in [-0.05, 0) is 57.2 Å². The highest BCUT2D eigenvalue weighted by atomic mass is 16.2. The molecule has 21 heavy (non-hydrogen) atoms. The molecule has 1 amide bonds. The molecule has 0 aromatic rings. The lowest BCUT2D eigenvalue weighted by Gasteiger charge is -2.41. The molecule has 2 rings (SSSR count). The molecule has 0 radical (unpaired) electrons. The van der Waals surface area contributed by atoms with Crippen LogP contribution in [0.2, 0.25) is 0 Å². The van der Waals surface area contributed by atoms with Gasteiger partial charge in [0.2, 0.25) is 5.91 Å². The Morgan fingerprint density at radius 3 is 2.62 bits per heavy atom. The lowest BCUT2D eigenvalue weighted by molar-refractivity contribution is -0.134. The second-order valence-electron chi connectivity index (χ2n) is 6.96. The predicted octanol–water partition coefficient (Wildman–Crippen LogP) is 1.95. The van der Waals surface area contributed by atoms with Gasteiger partial charge < -0.3 is 15.1 Å². The van der Waals surface area contributed by atoms with E-state index >= 15 is 0 Å². The maximum Gasteiger partial charge on any atom is 0.222 e. The summed E-state index contributed by atoms with van der Waals surface area (Å²) in [6.07, 6.45) is 5.42. The molecule has 0 aromatic carbocycles. The normalized spacial score (nSPS) is 28.5. The first-order valence-electron chi connectivity index (χ1n) is 8.80. The maximum atomic E-state index is 12.5. The Bertz CT molecular complexity index is 328. The van der Waals surface area contributed by atoms with Crippen LogP contribution in [0, 0.1) is 11.8 Å². The van der Waals surface area contributed by atoms with E-state index < -0.39 is 0 Å². The first-order valence-corrected chi connectivity index (χ1v) is 8.80. The van der Waals surface area contributed by atoms with E-state index in [1.54, 1.807) is 0 Å². The van der Waals surface area contributed by atoms with Crippen molar-refractivity contribution in [1.82, 2.24) is 15.1 Å². The fourth-order valence-electron chi connectivity index (χ4n) is 3.94. The molecule has 0 spiro atoms. The first-order chi connectivity index (χ1) is 10.1.